The van der Waals surface area contributed by atoms with Crippen LogP contribution in [-0.2, 0) is 11.2 Å². The van der Waals surface area contributed by atoms with Crippen molar-refractivity contribution in [2.75, 3.05) is 18.1 Å². The lowest BCUT2D eigenvalue weighted by Crippen LogP contribution is -2.47. The van der Waals surface area contributed by atoms with E-state index in [0.717, 1.165) is 37.4 Å². The number of ether oxygens (including phenoxy) is 1. The van der Waals surface area contributed by atoms with Gasteiger partial charge in [-0.1, -0.05) is 6.92 Å². The summed E-state index contributed by atoms with van der Waals surface area (Å²) in [7, 11) is 0. The number of hydrogen-bond donors (Lipinski definition) is 1. The Labute approximate surface area is 125 Å². The first-order valence-electron chi connectivity index (χ1n) is 7.77. The Hall–Kier alpha value is -0.450. The molecule has 0 radical (unpaired) electrons. The molecule has 2 aliphatic rings. The fourth-order valence-corrected chi connectivity index (χ4v) is 4.66. The van der Waals surface area contributed by atoms with Crippen molar-refractivity contribution >= 4 is 11.8 Å². The van der Waals surface area contributed by atoms with Crippen molar-refractivity contribution in [3.05, 3.63) is 23.7 Å². The van der Waals surface area contributed by atoms with Crippen molar-refractivity contribution in [3.8, 4) is 0 Å². The van der Waals surface area contributed by atoms with Gasteiger partial charge in [0.05, 0.1) is 11.6 Å². The predicted molar refractivity (Wildman–Crippen MR) is 83.3 cm³/mol. The third-order valence-electron chi connectivity index (χ3n) is 4.50. The van der Waals surface area contributed by atoms with Crippen molar-refractivity contribution in [1.82, 2.24) is 5.32 Å². The summed E-state index contributed by atoms with van der Waals surface area (Å²) in [4.78, 5) is 0. The summed E-state index contributed by atoms with van der Waals surface area (Å²) in [6, 6.07) is 5.03. The van der Waals surface area contributed by atoms with E-state index in [4.69, 9.17) is 9.15 Å². The van der Waals surface area contributed by atoms with Crippen LogP contribution in [0.5, 0.6) is 0 Å². The molecule has 3 atom stereocenters. The predicted octanol–water partition coefficient (Wildman–Crippen LogP) is 3.55. The summed E-state index contributed by atoms with van der Waals surface area (Å²) in [6.07, 6.45) is 4.43. The largest absolute Gasteiger partial charge is 0.464 e. The second-order valence-corrected chi connectivity index (χ2v) is 7.17. The summed E-state index contributed by atoms with van der Waals surface area (Å²) in [6.45, 7) is 5.22. The topological polar surface area (TPSA) is 34.4 Å². The fourth-order valence-electron chi connectivity index (χ4n) is 3.29. The minimum Gasteiger partial charge on any atom is -0.464 e. The third kappa shape index (κ3) is 3.07. The minimum absolute atomic E-state index is 0.151. The zero-order valence-corrected chi connectivity index (χ0v) is 13.3. The molecule has 0 saturated carbocycles. The molecule has 0 bridgehead atoms. The zero-order valence-electron chi connectivity index (χ0n) is 12.5. The van der Waals surface area contributed by atoms with Gasteiger partial charge in [-0.25, -0.2) is 0 Å². The van der Waals surface area contributed by atoms with Crippen LogP contribution in [0.4, 0.5) is 0 Å². The third-order valence-corrected chi connectivity index (χ3v) is 5.73. The van der Waals surface area contributed by atoms with Crippen molar-refractivity contribution in [2.45, 2.75) is 57.2 Å². The van der Waals surface area contributed by atoms with Crippen LogP contribution in [0.2, 0.25) is 0 Å². The van der Waals surface area contributed by atoms with E-state index in [1.807, 2.05) is 11.8 Å². The highest BCUT2D eigenvalue weighted by Gasteiger charge is 2.40. The van der Waals surface area contributed by atoms with Gasteiger partial charge < -0.3 is 14.5 Å². The Morgan fingerprint density at radius 3 is 3.10 bits per heavy atom. The Bertz CT molecular complexity index is 439. The molecule has 2 fully saturated rings. The molecule has 1 aromatic heterocycles. The van der Waals surface area contributed by atoms with Gasteiger partial charge in [0, 0.05) is 24.8 Å². The van der Waals surface area contributed by atoms with E-state index >= 15 is 0 Å². The summed E-state index contributed by atoms with van der Waals surface area (Å²) >= 11 is 2.03. The van der Waals surface area contributed by atoms with Crippen LogP contribution in [0.25, 0.3) is 0 Å². The molecular formula is C16H25NO2S. The highest BCUT2D eigenvalue weighted by atomic mass is 32.2. The molecule has 3 heterocycles. The van der Waals surface area contributed by atoms with E-state index in [1.54, 1.807) is 0 Å². The highest BCUT2D eigenvalue weighted by molar-refractivity contribution is 7.99. The number of hydrogen-bond acceptors (Lipinski definition) is 4. The van der Waals surface area contributed by atoms with Crippen molar-refractivity contribution in [1.29, 1.82) is 0 Å². The van der Waals surface area contributed by atoms with E-state index in [9.17, 15) is 0 Å². The molecule has 0 unspecified atom stereocenters. The number of nitrogens with one attached hydrogen (secondary N) is 1. The number of thioether (sulfide) groups is 1. The molecule has 20 heavy (non-hydrogen) atoms. The van der Waals surface area contributed by atoms with Gasteiger partial charge in [0.15, 0.2) is 0 Å². The molecule has 1 aromatic rings. The first-order valence-corrected chi connectivity index (χ1v) is 8.92. The van der Waals surface area contributed by atoms with Crippen LogP contribution in [0.3, 0.4) is 0 Å². The molecule has 3 nitrogen and oxygen atoms in total. The smallest absolute Gasteiger partial charge is 0.120 e. The van der Waals surface area contributed by atoms with Crippen molar-refractivity contribution in [3.63, 3.8) is 0 Å². The van der Waals surface area contributed by atoms with Gasteiger partial charge in [-0.05, 0) is 44.1 Å². The summed E-state index contributed by atoms with van der Waals surface area (Å²) in [5.41, 5.74) is 0.151. The van der Waals surface area contributed by atoms with E-state index in [2.05, 4.69) is 31.3 Å². The molecule has 2 saturated heterocycles. The lowest BCUT2D eigenvalue weighted by Gasteiger charge is -2.39. The average Bonchev–Trinajstić information content (AvgIpc) is 3.08. The molecule has 1 spiro atoms. The first-order chi connectivity index (χ1) is 9.71. The average molecular weight is 295 g/mol. The molecule has 3 rings (SSSR count). The summed E-state index contributed by atoms with van der Waals surface area (Å²) < 4.78 is 11.9. The monoisotopic (exact) mass is 295 g/mol. The second kappa shape index (κ2) is 6.12. The van der Waals surface area contributed by atoms with Crippen LogP contribution in [-0.4, -0.2) is 29.8 Å². The molecule has 4 heteroatoms. The van der Waals surface area contributed by atoms with E-state index in [0.29, 0.717) is 6.04 Å². The Balaban J connectivity index is 1.59. The van der Waals surface area contributed by atoms with Gasteiger partial charge in [0.2, 0.25) is 0 Å². The molecule has 0 aromatic carbocycles. The van der Waals surface area contributed by atoms with E-state index in [-0.39, 0.29) is 11.6 Å². The lowest BCUT2D eigenvalue weighted by molar-refractivity contribution is -0.0714. The Morgan fingerprint density at radius 2 is 2.40 bits per heavy atom. The molecule has 112 valence electrons. The van der Waals surface area contributed by atoms with Crippen LogP contribution in [0.15, 0.2) is 16.5 Å². The lowest BCUT2D eigenvalue weighted by atomic mass is 9.89. The van der Waals surface area contributed by atoms with Gasteiger partial charge in [-0.3, -0.25) is 0 Å². The summed E-state index contributed by atoms with van der Waals surface area (Å²) in [5.74, 6) is 4.55. The summed E-state index contributed by atoms with van der Waals surface area (Å²) in [5, 5.41) is 3.74. The molecule has 0 amide bonds. The number of rotatable bonds is 4. The van der Waals surface area contributed by atoms with Gasteiger partial charge >= 0.3 is 0 Å². The standard InChI is InChI=1S/C16H25NO2S/c1-3-14-4-5-15(19-14)12(2)17-13-6-8-18-16(10-13)7-9-20-11-16/h4-5,12-13,17H,3,6-11H2,1-2H3/t12-,13-,16-/m0/s1. The van der Waals surface area contributed by atoms with Crippen LogP contribution in [0, 0.1) is 0 Å². The molecule has 1 N–H and O–H groups in total. The number of furan rings is 1. The van der Waals surface area contributed by atoms with Crippen LogP contribution < -0.4 is 5.32 Å². The van der Waals surface area contributed by atoms with Gasteiger partial charge in [-0.15, -0.1) is 0 Å². The Morgan fingerprint density at radius 1 is 1.50 bits per heavy atom. The number of aryl methyl sites for hydroxylation is 1. The van der Waals surface area contributed by atoms with Gasteiger partial charge in [-0.2, -0.15) is 11.8 Å². The van der Waals surface area contributed by atoms with Gasteiger partial charge in [0.25, 0.3) is 0 Å². The maximum Gasteiger partial charge on any atom is 0.120 e. The van der Waals surface area contributed by atoms with Crippen LogP contribution >= 0.6 is 11.8 Å². The van der Waals surface area contributed by atoms with Crippen molar-refractivity contribution < 1.29 is 9.15 Å². The molecule has 0 aliphatic carbocycles. The SMILES string of the molecule is CCc1ccc([C@H](C)N[C@H]2CCO[C@@]3(CCSC3)C2)o1. The maximum atomic E-state index is 6.08. The molecule has 2 aliphatic heterocycles. The zero-order chi connectivity index (χ0) is 14.0. The minimum atomic E-state index is 0.151. The highest BCUT2D eigenvalue weighted by Crippen LogP contribution is 2.38. The first kappa shape index (κ1) is 14.5. The quantitative estimate of drug-likeness (QED) is 0.921. The normalized spacial score (nSPS) is 31.8. The Kier molecular flexibility index (Phi) is 4.43. The van der Waals surface area contributed by atoms with E-state index in [1.165, 1.54) is 17.9 Å². The maximum absolute atomic E-state index is 6.08. The van der Waals surface area contributed by atoms with Crippen LogP contribution in [0.1, 0.15) is 50.7 Å². The second-order valence-electron chi connectivity index (χ2n) is 6.07. The molecular weight excluding hydrogens is 270 g/mol. The fraction of sp³-hybridized carbons (Fsp3) is 0.750. The van der Waals surface area contributed by atoms with Gasteiger partial charge in [0.1, 0.15) is 11.5 Å². The van der Waals surface area contributed by atoms with E-state index < -0.39 is 0 Å². The van der Waals surface area contributed by atoms with Crippen molar-refractivity contribution in [2.24, 2.45) is 0 Å².